The molecule has 12 heavy (non-hydrogen) atoms. The lowest BCUT2D eigenvalue weighted by molar-refractivity contribution is -0.162. The second kappa shape index (κ2) is 2.21. The van der Waals surface area contributed by atoms with E-state index in [2.05, 4.69) is 0 Å². The van der Waals surface area contributed by atoms with Crippen LogP contribution in [0.15, 0.2) is 0 Å². The molecule has 0 aromatic carbocycles. The Hall–Kier alpha value is -1.06. The number of rotatable bonds is 1. The topological polar surface area (TPSA) is 57.6 Å². The Labute approximate surface area is 70.2 Å². The average molecular weight is 169 g/mol. The Balaban J connectivity index is 2.16. The summed E-state index contributed by atoms with van der Waals surface area (Å²) in [6.45, 7) is 1.87. The van der Waals surface area contributed by atoms with Crippen LogP contribution in [0.25, 0.3) is 0 Å². The summed E-state index contributed by atoms with van der Waals surface area (Å²) in [4.78, 5) is 23.4. The zero-order valence-corrected chi connectivity index (χ0v) is 6.86. The molecule has 1 amide bonds. The van der Waals surface area contributed by atoms with E-state index in [-0.39, 0.29) is 17.9 Å². The zero-order chi connectivity index (χ0) is 8.88. The maximum Gasteiger partial charge on any atom is 0.326 e. The Morgan fingerprint density at radius 1 is 1.58 bits per heavy atom. The zero-order valence-electron chi connectivity index (χ0n) is 6.86. The van der Waals surface area contributed by atoms with Gasteiger partial charge in [0.05, 0.1) is 5.92 Å². The van der Waals surface area contributed by atoms with Gasteiger partial charge in [0.2, 0.25) is 5.91 Å². The van der Waals surface area contributed by atoms with Crippen molar-refractivity contribution in [3.8, 4) is 0 Å². The van der Waals surface area contributed by atoms with Gasteiger partial charge in [0.1, 0.15) is 6.04 Å². The van der Waals surface area contributed by atoms with Crippen molar-refractivity contribution in [2.45, 2.75) is 31.8 Å². The van der Waals surface area contributed by atoms with Crippen LogP contribution >= 0.6 is 0 Å². The second-order valence-corrected chi connectivity index (χ2v) is 3.53. The first-order valence-electron chi connectivity index (χ1n) is 4.18. The number of amides is 1. The summed E-state index contributed by atoms with van der Waals surface area (Å²) in [5.74, 6) is -0.808. The van der Waals surface area contributed by atoms with Gasteiger partial charge in [-0.3, -0.25) is 4.79 Å². The molecule has 0 aliphatic carbocycles. The molecule has 0 radical (unpaired) electrons. The van der Waals surface area contributed by atoms with Crippen LogP contribution in [0.2, 0.25) is 0 Å². The Bertz CT molecular complexity index is 251. The minimum absolute atomic E-state index is 0.00454. The molecule has 2 unspecified atom stereocenters. The lowest BCUT2D eigenvalue weighted by Gasteiger charge is -2.42. The number of fused-ring (bicyclic) bond motifs is 1. The summed E-state index contributed by atoms with van der Waals surface area (Å²) >= 11 is 0. The van der Waals surface area contributed by atoms with Crippen LogP contribution in [0, 0.1) is 5.92 Å². The van der Waals surface area contributed by atoms with E-state index in [4.69, 9.17) is 5.11 Å². The third kappa shape index (κ3) is 0.722. The number of carboxylic acid groups (broad SMARTS) is 1. The molecule has 0 aromatic heterocycles. The number of carbonyl (C=O) groups excluding carboxylic acids is 1. The molecular weight excluding hydrogens is 158 g/mol. The van der Waals surface area contributed by atoms with Gasteiger partial charge in [-0.05, 0) is 12.8 Å². The summed E-state index contributed by atoms with van der Waals surface area (Å²) < 4.78 is 0. The first-order chi connectivity index (χ1) is 5.63. The molecule has 4 heteroatoms. The number of β-lactam (4-membered cyclic amide) rings is 1. The van der Waals surface area contributed by atoms with Gasteiger partial charge < -0.3 is 10.0 Å². The van der Waals surface area contributed by atoms with Gasteiger partial charge in [0.25, 0.3) is 0 Å². The molecule has 1 N–H and O–H groups in total. The van der Waals surface area contributed by atoms with Gasteiger partial charge in [0, 0.05) is 6.04 Å². The summed E-state index contributed by atoms with van der Waals surface area (Å²) in [6.07, 6.45) is 1.47. The SMILES string of the molecule is CC1C(=O)N2C(C(=O)O)CC[C@H]12. The van der Waals surface area contributed by atoms with Crippen molar-refractivity contribution in [2.24, 2.45) is 5.92 Å². The number of aliphatic carboxylic acids is 1. The van der Waals surface area contributed by atoms with Crippen LogP contribution in [0.3, 0.4) is 0 Å². The standard InChI is InChI=1S/C8H11NO3/c1-4-5-2-3-6(8(11)12)9(5)7(4)10/h4-6H,2-3H2,1H3,(H,11,12)/t4?,5-,6?/m1/s1. The van der Waals surface area contributed by atoms with Crippen LogP contribution < -0.4 is 0 Å². The molecule has 0 saturated carbocycles. The fourth-order valence-electron chi connectivity index (χ4n) is 2.21. The van der Waals surface area contributed by atoms with E-state index in [1.807, 2.05) is 6.92 Å². The highest BCUT2D eigenvalue weighted by Gasteiger charge is 2.53. The molecule has 2 aliphatic rings. The average Bonchev–Trinajstić information content (AvgIpc) is 2.43. The monoisotopic (exact) mass is 169 g/mol. The minimum atomic E-state index is -0.863. The van der Waals surface area contributed by atoms with Gasteiger partial charge >= 0.3 is 5.97 Å². The smallest absolute Gasteiger partial charge is 0.326 e. The number of carbonyl (C=O) groups is 2. The fourth-order valence-corrected chi connectivity index (χ4v) is 2.21. The molecule has 0 aromatic rings. The van der Waals surface area contributed by atoms with E-state index < -0.39 is 12.0 Å². The molecule has 0 spiro atoms. The number of nitrogens with zero attached hydrogens (tertiary/aromatic N) is 1. The summed E-state index contributed by atoms with van der Waals surface area (Å²) in [5, 5.41) is 8.75. The van der Waals surface area contributed by atoms with Crippen molar-refractivity contribution >= 4 is 11.9 Å². The molecule has 66 valence electrons. The van der Waals surface area contributed by atoms with Crippen molar-refractivity contribution in [1.82, 2.24) is 4.90 Å². The number of hydrogen-bond acceptors (Lipinski definition) is 2. The van der Waals surface area contributed by atoms with E-state index in [0.29, 0.717) is 6.42 Å². The first-order valence-corrected chi connectivity index (χ1v) is 4.18. The highest BCUT2D eigenvalue weighted by molar-refractivity contribution is 5.91. The van der Waals surface area contributed by atoms with Gasteiger partial charge in [-0.2, -0.15) is 0 Å². The fraction of sp³-hybridized carbons (Fsp3) is 0.750. The number of carboxylic acids is 1. The lowest BCUT2D eigenvalue weighted by Crippen LogP contribution is -2.60. The summed E-state index contributed by atoms with van der Waals surface area (Å²) in [5.41, 5.74) is 0. The largest absolute Gasteiger partial charge is 0.480 e. The Morgan fingerprint density at radius 3 is 2.83 bits per heavy atom. The van der Waals surface area contributed by atoms with Crippen molar-refractivity contribution in [3.05, 3.63) is 0 Å². The molecule has 2 heterocycles. The predicted molar refractivity (Wildman–Crippen MR) is 40.5 cm³/mol. The minimum Gasteiger partial charge on any atom is -0.480 e. The summed E-state index contributed by atoms with van der Waals surface area (Å²) in [7, 11) is 0. The molecule has 2 aliphatic heterocycles. The molecule has 2 rings (SSSR count). The third-order valence-corrected chi connectivity index (χ3v) is 2.94. The third-order valence-electron chi connectivity index (χ3n) is 2.94. The van der Waals surface area contributed by atoms with Gasteiger partial charge in [-0.1, -0.05) is 6.92 Å². The molecule has 2 saturated heterocycles. The van der Waals surface area contributed by atoms with Crippen LogP contribution in [-0.2, 0) is 9.59 Å². The lowest BCUT2D eigenvalue weighted by atomic mass is 9.90. The van der Waals surface area contributed by atoms with Crippen molar-refractivity contribution < 1.29 is 14.7 Å². The highest BCUT2D eigenvalue weighted by Crippen LogP contribution is 2.39. The first kappa shape index (κ1) is 7.58. The van der Waals surface area contributed by atoms with Crippen molar-refractivity contribution in [1.29, 1.82) is 0 Å². The molecule has 2 fully saturated rings. The van der Waals surface area contributed by atoms with Crippen LogP contribution in [-0.4, -0.2) is 34.0 Å². The van der Waals surface area contributed by atoms with Crippen LogP contribution in [0.5, 0.6) is 0 Å². The van der Waals surface area contributed by atoms with E-state index in [9.17, 15) is 9.59 Å². The Morgan fingerprint density at radius 2 is 2.25 bits per heavy atom. The predicted octanol–water partition coefficient (Wildman–Crippen LogP) is 0.0803. The molecule has 4 nitrogen and oxygen atoms in total. The Kier molecular flexibility index (Phi) is 1.40. The van der Waals surface area contributed by atoms with Crippen LogP contribution in [0.1, 0.15) is 19.8 Å². The maximum absolute atomic E-state index is 11.2. The van der Waals surface area contributed by atoms with Gasteiger partial charge in [0.15, 0.2) is 0 Å². The van der Waals surface area contributed by atoms with Crippen molar-refractivity contribution in [2.75, 3.05) is 0 Å². The van der Waals surface area contributed by atoms with Crippen molar-refractivity contribution in [3.63, 3.8) is 0 Å². The van der Waals surface area contributed by atoms with E-state index >= 15 is 0 Å². The highest BCUT2D eigenvalue weighted by atomic mass is 16.4. The molecular formula is C8H11NO3. The quantitative estimate of drug-likeness (QED) is 0.565. The molecule has 3 atom stereocenters. The maximum atomic E-state index is 11.2. The van der Waals surface area contributed by atoms with Gasteiger partial charge in [-0.15, -0.1) is 0 Å². The normalized spacial score (nSPS) is 39.2. The van der Waals surface area contributed by atoms with E-state index in [0.717, 1.165) is 6.42 Å². The summed E-state index contributed by atoms with van der Waals surface area (Å²) in [6, 6.07) is -0.336. The van der Waals surface area contributed by atoms with Crippen LogP contribution in [0.4, 0.5) is 0 Å². The molecule has 0 bridgehead atoms. The number of hydrogen-bond donors (Lipinski definition) is 1. The van der Waals surface area contributed by atoms with Gasteiger partial charge in [-0.25, -0.2) is 4.79 Å². The van der Waals surface area contributed by atoms with E-state index in [1.165, 1.54) is 4.90 Å². The van der Waals surface area contributed by atoms with E-state index in [1.54, 1.807) is 0 Å². The second-order valence-electron chi connectivity index (χ2n) is 3.53.